The molecule has 0 bridgehead atoms. The van der Waals surface area contributed by atoms with Crippen LogP contribution in [-0.2, 0) is 5.41 Å². The van der Waals surface area contributed by atoms with Gasteiger partial charge in [-0.2, -0.15) is 5.26 Å². The Bertz CT molecular complexity index is 659. The molecule has 0 aliphatic heterocycles. The topological polar surface area (TPSA) is 64.2 Å². The second kappa shape index (κ2) is 10.1. The Hall–Kier alpha value is -1.15. The zero-order valence-corrected chi connectivity index (χ0v) is 17.9. The minimum Gasteiger partial charge on any atom is -0.392 e. The summed E-state index contributed by atoms with van der Waals surface area (Å²) in [7, 11) is 0. The molecular formula is C24H35NO2S. The monoisotopic (exact) mass is 401 g/mol. The summed E-state index contributed by atoms with van der Waals surface area (Å²) in [6, 6.07) is 6.66. The second-order valence-electron chi connectivity index (χ2n) is 8.80. The summed E-state index contributed by atoms with van der Waals surface area (Å²) >= 11 is 1.75. The van der Waals surface area contributed by atoms with Crippen molar-refractivity contribution in [3.05, 3.63) is 34.5 Å². The van der Waals surface area contributed by atoms with Crippen LogP contribution in [0.25, 0.3) is 0 Å². The molecule has 3 rings (SSSR count). The Kier molecular flexibility index (Phi) is 7.74. The number of nitrogens with zero attached hydrogens (tertiary/aromatic N) is 1. The Morgan fingerprint density at radius 1 is 1.36 bits per heavy atom. The summed E-state index contributed by atoms with van der Waals surface area (Å²) in [6.07, 6.45) is 13.7. The molecule has 4 heteroatoms. The molecule has 0 spiro atoms. The number of aliphatic hydroxyl groups is 2. The number of hydrogen-bond acceptors (Lipinski definition) is 4. The van der Waals surface area contributed by atoms with Gasteiger partial charge in [-0.05, 0) is 49.5 Å². The first-order chi connectivity index (χ1) is 13.6. The number of thiophene rings is 1. The lowest BCUT2D eigenvalue weighted by atomic mass is 9.63. The molecular weight excluding hydrogens is 366 g/mol. The van der Waals surface area contributed by atoms with Gasteiger partial charge in [-0.15, -0.1) is 11.3 Å². The maximum Gasteiger partial charge on any atom is 0.0679 e. The highest BCUT2D eigenvalue weighted by molar-refractivity contribution is 7.10. The minimum absolute atomic E-state index is 0.0414. The predicted molar refractivity (Wildman–Crippen MR) is 115 cm³/mol. The zero-order chi connectivity index (χ0) is 20.0. The maximum atomic E-state index is 10.9. The molecule has 1 aromatic heterocycles. The lowest BCUT2D eigenvalue weighted by Crippen LogP contribution is -2.44. The van der Waals surface area contributed by atoms with Crippen LogP contribution < -0.4 is 0 Å². The summed E-state index contributed by atoms with van der Waals surface area (Å²) in [6.45, 7) is 2.21. The number of unbranched alkanes of at least 4 members (excludes halogenated alkanes) is 3. The van der Waals surface area contributed by atoms with E-state index in [1.54, 1.807) is 11.3 Å². The Morgan fingerprint density at radius 2 is 2.18 bits per heavy atom. The summed E-state index contributed by atoms with van der Waals surface area (Å²) < 4.78 is 0. The summed E-state index contributed by atoms with van der Waals surface area (Å²) in [5.41, 5.74) is -0.0679. The number of nitriles is 1. The molecule has 0 saturated heterocycles. The van der Waals surface area contributed by atoms with Crippen molar-refractivity contribution in [2.75, 3.05) is 0 Å². The fraction of sp³-hybridized carbons (Fsp3) is 0.708. The van der Waals surface area contributed by atoms with Crippen LogP contribution in [0.3, 0.4) is 0 Å². The SMILES string of the molecule is CCCCCC[C@@H]1[C@@H](/C=C/CC(O)C2(c3cccs3)CCC2)[C@H](O)C[C@H]1C#N. The van der Waals surface area contributed by atoms with Gasteiger partial charge in [-0.3, -0.25) is 0 Å². The summed E-state index contributed by atoms with van der Waals surface area (Å²) in [5.74, 6) is 0.262. The highest BCUT2D eigenvalue weighted by Gasteiger charge is 2.45. The van der Waals surface area contributed by atoms with Crippen LogP contribution in [0, 0.1) is 29.1 Å². The number of rotatable bonds is 10. The van der Waals surface area contributed by atoms with E-state index in [2.05, 4.69) is 42.7 Å². The molecule has 1 aromatic rings. The van der Waals surface area contributed by atoms with Gasteiger partial charge in [0.2, 0.25) is 0 Å². The molecule has 1 unspecified atom stereocenters. The lowest BCUT2D eigenvalue weighted by molar-refractivity contribution is 0.0326. The molecule has 5 atom stereocenters. The minimum atomic E-state index is -0.427. The molecule has 28 heavy (non-hydrogen) atoms. The van der Waals surface area contributed by atoms with Crippen molar-refractivity contribution in [1.29, 1.82) is 5.26 Å². The third-order valence-electron chi connectivity index (χ3n) is 7.12. The van der Waals surface area contributed by atoms with Crippen molar-refractivity contribution >= 4 is 11.3 Å². The third kappa shape index (κ3) is 4.53. The predicted octanol–water partition coefficient (Wildman–Crippen LogP) is 5.58. The normalized spacial score (nSPS) is 30.2. The standard InChI is InChI=1S/C24H35NO2S/c1-2-3-4-5-9-19-18(17-25)16-21(26)20(19)10-6-11-22(27)24(13-8-14-24)23-12-7-15-28-23/h6-7,10,12,15,18-22,26-27H,2-5,8-9,11,13-14,16H2,1H3/b10-6+/t18-,19-,20+,21+,22?/m0/s1. The van der Waals surface area contributed by atoms with E-state index in [0.717, 1.165) is 25.7 Å². The molecule has 3 nitrogen and oxygen atoms in total. The van der Waals surface area contributed by atoms with Crippen LogP contribution in [0.5, 0.6) is 0 Å². The van der Waals surface area contributed by atoms with E-state index in [4.69, 9.17) is 0 Å². The molecule has 154 valence electrons. The van der Waals surface area contributed by atoms with E-state index in [0.29, 0.717) is 12.8 Å². The van der Waals surface area contributed by atoms with Gasteiger partial charge in [0.25, 0.3) is 0 Å². The Labute approximate surface area is 174 Å². The van der Waals surface area contributed by atoms with Crippen LogP contribution in [0.4, 0.5) is 0 Å². The highest BCUT2D eigenvalue weighted by atomic mass is 32.1. The van der Waals surface area contributed by atoms with Gasteiger partial charge in [0.1, 0.15) is 0 Å². The van der Waals surface area contributed by atoms with Gasteiger partial charge in [0.15, 0.2) is 0 Å². The molecule has 2 N–H and O–H groups in total. The molecule has 0 aromatic carbocycles. The van der Waals surface area contributed by atoms with Gasteiger partial charge in [0, 0.05) is 16.2 Å². The van der Waals surface area contributed by atoms with Crippen molar-refractivity contribution in [2.45, 2.75) is 88.8 Å². The van der Waals surface area contributed by atoms with Crippen molar-refractivity contribution in [1.82, 2.24) is 0 Å². The largest absolute Gasteiger partial charge is 0.392 e. The van der Waals surface area contributed by atoms with Crippen molar-refractivity contribution in [3.8, 4) is 6.07 Å². The van der Waals surface area contributed by atoms with Gasteiger partial charge in [-0.25, -0.2) is 0 Å². The van der Waals surface area contributed by atoms with Gasteiger partial charge < -0.3 is 10.2 Å². The van der Waals surface area contributed by atoms with E-state index in [1.807, 2.05) is 0 Å². The third-order valence-corrected chi connectivity index (χ3v) is 8.21. The fourth-order valence-electron chi connectivity index (χ4n) is 5.22. The van der Waals surface area contributed by atoms with Crippen molar-refractivity contribution in [2.24, 2.45) is 17.8 Å². The summed E-state index contributed by atoms with van der Waals surface area (Å²) in [5, 5.41) is 33.1. The van der Waals surface area contributed by atoms with Crippen LogP contribution in [-0.4, -0.2) is 22.4 Å². The maximum absolute atomic E-state index is 10.9. The fourth-order valence-corrected chi connectivity index (χ4v) is 6.25. The molecule has 0 amide bonds. The van der Waals surface area contributed by atoms with Crippen LogP contribution in [0.2, 0.25) is 0 Å². The smallest absolute Gasteiger partial charge is 0.0679 e. The molecule has 2 aliphatic rings. The Morgan fingerprint density at radius 3 is 2.79 bits per heavy atom. The first-order valence-electron chi connectivity index (χ1n) is 11.1. The highest BCUT2D eigenvalue weighted by Crippen LogP contribution is 2.49. The van der Waals surface area contributed by atoms with Gasteiger partial charge in [-0.1, -0.05) is 57.2 Å². The molecule has 2 saturated carbocycles. The number of hydrogen-bond donors (Lipinski definition) is 2. The molecule has 0 radical (unpaired) electrons. The Balaban J connectivity index is 1.60. The van der Waals surface area contributed by atoms with E-state index in [1.165, 1.54) is 30.6 Å². The van der Waals surface area contributed by atoms with Crippen LogP contribution in [0.1, 0.15) is 76.0 Å². The second-order valence-corrected chi connectivity index (χ2v) is 9.74. The van der Waals surface area contributed by atoms with Crippen LogP contribution in [0.15, 0.2) is 29.7 Å². The zero-order valence-electron chi connectivity index (χ0n) is 17.1. The molecule has 2 aliphatic carbocycles. The van der Waals surface area contributed by atoms with Crippen molar-refractivity contribution < 1.29 is 10.2 Å². The molecule has 1 heterocycles. The van der Waals surface area contributed by atoms with Crippen molar-refractivity contribution in [3.63, 3.8) is 0 Å². The first-order valence-corrected chi connectivity index (χ1v) is 12.0. The van der Waals surface area contributed by atoms with E-state index in [-0.39, 0.29) is 29.3 Å². The number of aliphatic hydroxyl groups excluding tert-OH is 2. The first kappa shape index (κ1) is 21.6. The van der Waals surface area contributed by atoms with E-state index >= 15 is 0 Å². The lowest BCUT2D eigenvalue weighted by Gasteiger charge is -2.45. The van der Waals surface area contributed by atoms with E-state index in [9.17, 15) is 15.5 Å². The average Bonchev–Trinajstić information content (AvgIpc) is 3.27. The van der Waals surface area contributed by atoms with Gasteiger partial charge in [0.05, 0.1) is 24.2 Å². The quantitative estimate of drug-likeness (QED) is 0.397. The summed E-state index contributed by atoms with van der Waals surface area (Å²) in [4.78, 5) is 1.30. The average molecular weight is 402 g/mol. The van der Waals surface area contributed by atoms with E-state index < -0.39 is 6.10 Å². The van der Waals surface area contributed by atoms with Gasteiger partial charge >= 0.3 is 0 Å². The molecule has 2 fully saturated rings. The van der Waals surface area contributed by atoms with Crippen LogP contribution >= 0.6 is 11.3 Å².